The third kappa shape index (κ3) is 3.83. The molecule has 0 bridgehead atoms. The van der Waals surface area contributed by atoms with Crippen molar-refractivity contribution in [3.63, 3.8) is 0 Å². The lowest BCUT2D eigenvalue weighted by molar-refractivity contribution is -0.131. The summed E-state index contributed by atoms with van der Waals surface area (Å²) < 4.78 is 2.79. The Labute approximate surface area is 192 Å². The van der Waals surface area contributed by atoms with Gasteiger partial charge in [-0.15, -0.1) is 11.3 Å². The van der Waals surface area contributed by atoms with E-state index in [1.807, 2.05) is 39.0 Å². The van der Waals surface area contributed by atoms with Crippen molar-refractivity contribution >= 4 is 27.5 Å². The van der Waals surface area contributed by atoms with Crippen molar-refractivity contribution in [2.24, 2.45) is 0 Å². The Morgan fingerprint density at radius 1 is 1.12 bits per heavy atom. The van der Waals surface area contributed by atoms with Gasteiger partial charge in [0.15, 0.2) is 0 Å². The molecule has 3 aromatic rings. The van der Waals surface area contributed by atoms with Crippen LogP contribution in [0.4, 0.5) is 0 Å². The van der Waals surface area contributed by atoms with Crippen LogP contribution in [0.3, 0.4) is 0 Å². The predicted molar refractivity (Wildman–Crippen MR) is 130 cm³/mol. The highest BCUT2D eigenvalue weighted by atomic mass is 32.1. The van der Waals surface area contributed by atoms with Gasteiger partial charge in [0.1, 0.15) is 11.4 Å². The standard InChI is InChI=1S/C25H31N3O3S/c1-5-7-13-26(6-2)21(29)15-27-24-22(19-9-8-10-20(19)32-24)23(30)28(25(27)31)18-12-11-16(3)17(4)14-18/h11-12,14H,5-10,13,15H2,1-4H3. The van der Waals surface area contributed by atoms with Crippen LogP contribution < -0.4 is 11.2 Å². The van der Waals surface area contributed by atoms with E-state index in [0.717, 1.165) is 48.8 Å². The molecule has 0 radical (unpaired) electrons. The summed E-state index contributed by atoms with van der Waals surface area (Å²) in [4.78, 5) is 44.0. The van der Waals surface area contributed by atoms with Crippen molar-refractivity contribution in [2.45, 2.75) is 66.3 Å². The number of nitrogens with zero attached hydrogens (tertiary/aromatic N) is 3. The van der Waals surface area contributed by atoms with E-state index in [1.165, 1.54) is 25.3 Å². The average molecular weight is 454 g/mol. The van der Waals surface area contributed by atoms with E-state index in [4.69, 9.17) is 0 Å². The first-order valence-electron chi connectivity index (χ1n) is 11.5. The van der Waals surface area contributed by atoms with Crippen molar-refractivity contribution in [1.29, 1.82) is 0 Å². The Hall–Kier alpha value is -2.67. The molecule has 6 nitrogen and oxygen atoms in total. The van der Waals surface area contributed by atoms with Crippen LogP contribution in [0.2, 0.25) is 0 Å². The molecular weight excluding hydrogens is 422 g/mol. The lowest BCUT2D eigenvalue weighted by atomic mass is 10.1. The normalized spacial score (nSPS) is 13.0. The van der Waals surface area contributed by atoms with Crippen molar-refractivity contribution in [3.05, 3.63) is 60.6 Å². The summed E-state index contributed by atoms with van der Waals surface area (Å²) in [6.07, 6.45) is 4.74. The number of aromatic nitrogens is 2. The molecule has 4 rings (SSSR count). The van der Waals surface area contributed by atoms with Crippen LogP contribution in [0, 0.1) is 13.8 Å². The number of hydrogen-bond acceptors (Lipinski definition) is 4. The second-order valence-corrected chi connectivity index (χ2v) is 9.73. The molecule has 0 fully saturated rings. The van der Waals surface area contributed by atoms with Crippen LogP contribution in [0.1, 0.15) is 54.7 Å². The molecule has 0 saturated heterocycles. The van der Waals surface area contributed by atoms with Crippen LogP contribution in [0.5, 0.6) is 0 Å². The molecule has 0 spiro atoms. The summed E-state index contributed by atoms with van der Waals surface area (Å²) in [7, 11) is 0. The molecule has 1 aliphatic rings. The third-order valence-corrected chi connectivity index (χ3v) is 7.86. The summed E-state index contributed by atoms with van der Waals surface area (Å²) >= 11 is 1.51. The minimum Gasteiger partial charge on any atom is -0.341 e. The fourth-order valence-corrected chi connectivity index (χ4v) is 5.85. The predicted octanol–water partition coefficient (Wildman–Crippen LogP) is 3.97. The summed E-state index contributed by atoms with van der Waals surface area (Å²) in [5.41, 5.74) is 3.03. The zero-order chi connectivity index (χ0) is 23.0. The first-order chi connectivity index (χ1) is 15.4. The zero-order valence-corrected chi connectivity index (χ0v) is 20.2. The van der Waals surface area contributed by atoms with Gasteiger partial charge in [0.05, 0.1) is 11.1 Å². The molecule has 32 heavy (non-hydrogen) atoms. The van der Waals surface area contributed by atoms with E-state index >= 15 is 0 Å². The van der Waals surface area contributed by atoms with Crippen molar-refractivity contribution in [2.75, 3.05) is 13.1 Å². The molecular formula is C25H31N3O3S. The second-order valence-electron chi connectivity index (χ2n) is 8.64. The van der Waals surface area contributed by atoms with E-state index < -0.39 is 5.69 Å². The summed E-state index contributed by atoms with van der Waals surface area (Å²) in [6.45, 7) is 9.27. The Bertz CT molecular complexity index is 1300. The van der Waals surface area contributed by atoms with Crippen LogP contribution in [-0.2, 0) is 24.2 Å². The Morgan fingerprint density at radius 2 is 1.91 bits per heavy atom. The van der Waals surface area contributed by atoms with Gasteiger partial charge in [0, 0.05) is 18.0 Å². The number of likely N-dealkylation sites (N-methyl/N-ethyl adjacent to an activating group) is 1. The minimum atomic E-state index is -0.439. The van der Waals surface area contributed by atoms with Gasteiger partial charge in [-0.3, -0.25) is 14.2 Å². The van der Waals surface area contributed by atoms with Crippen molar-refractivity contribution in [3.8, 4) is 5.69 Å². The molecule has 1 amide bonds. The van der Waals surface area contributed by atoms with Crippen LogP contribution in [-0.4, -0.2) is 33.0 Å². The number of thiophene rings is 1. The van der Waals surface area contributed by atoms with Crippen LogP contribution in [0.15, 0.2) is 27.8 Å². The first kappa shape index (κ1) is 22.5. The molecule has 1 aliphatic carbocycles. The van der Waals surface area contributed by atoms with Crippen molar-refractivity contribution in [1.82, 2.24) is 14.0 Å². The van der Waals surface area contributed by atoms with Gasteiger partial charge in [-0.25, -0.2) is 9.36 Å². The SMILES string of the molecule is CCCCN(CC)C(=O)Cn1c(=O)n(-c2ccc(C)c(C)c2)c(=O)c2c3c(sc21)CCC3. The Balaban J connectivity index is 1.92. The summed E-state index contributed by atoms with van der Waals surface area (Å²) in [5, 5.41) is 0.615. The number of rotatable bonds is 7. The highest BCUT2D eigenvalue weighted by molar-refractivity contribution is 7.19. The van der Waals surface area contributed by atoms with Crippen LogP contribution >= 0.6 is 11.3 Å². The van der Waals surface area contributed by atoms with Gasteiger partial charge in [-0.2, -0.15) is 0 Å². The summed E-state index contributed by atoms with van der Waals surface area (Å²) in [5.74, 6) is -0.0804. The van der Waals surface area contributed by atoms with Gasteiger partial charge in [0.2, 0.25) is 5.91 Å². The maximum atomic E-state index is 13.6. The number of fused-ring (bicyclic) bond motifs is 3. The van der Waals surface area contributed by atoms with Gasteiger partial charge in [-0.05, 0) is 75.3 Å². The smallest absolute Gasteiger partial charge is 0.337 e. The molecule has 0 unspecified atom stereocenters. The molecule has 2 heterocycles. The maximum absolute atomic E-state index is 13.6. The highest BCUT2D eigenvalue weighted by Crippen LogP contribution is 2.35. The van der Waals surface area contributed by atoms with Gasteiger partial charge >= 0.3 is 5.69 Å². The number of hydrogen-bond donors (Lipinski definition) is 0. The second kappa shape index (κ2) is 9.06. The minimum absolute atomic E-state index is 0.0442. The quantitative estimate of drug-likeness (QED) is 0.544. The zero-order valence-electron chi connectivity index (χ0n) is 19.4. The first-order valence-corrected chi connectivity index (χ1v) is 12.3. The maximum Gasteiger partial charge on any atom is 0.337 e. The number of aryl methyl sites for hydroxylation is 4. The van der Waals surface area contributed by atoms with E-state index in [1.54, 1.807) is 4.90 Å². The third-order valence-electron chi connectivity index (χ3n) is 6.55. The van der Waals surface area contributed by atoms with Gasteiger partial charge < -0.3 is 4.90 Å². The number of unbranched alkanes of at least 4 members (excludes halogenated alkanes) is 1. The molecule has 0 N–H and O–H groups in total. The molecule has 0 saturated carbocycles. The number of carbonyl (C=O) groups excluding carboxylic acids is 1. The molecule has 2 aromatic heterocycles. The van der Waals surface area contributed by atoms with E-state index in [2.05, 4.69) is 6.92 Å². The fourth-order valence-electron chi connectivity index (χ4n) is 4.48. The van der Waals surface area contributed by atoms with Gasteiger partial charge in [0.25, 0.3) is 5.56 Å². The topological polar surface area (TPSA) is 64.3 Å². The molecule has 0 aliphatic heterocycles. The monoisotopic (exact) mass is 453 g/mol. The molecule has 7 heteroatoms. The lowest BCUT2D eigenvalue weighted by Gasteiger charge is -2.21. The van der Waals surface area contributed by atoms with Crippen LogP contribution in [0.25, 0.3) is 15.9 Å². The number of amides is 1. The Kier molecular flexibility index (Phi) is 6.38. The molecule has 0 atom stereocenters. The van der Waals surface area contributed by atoms with E-state index in [9.17, 15) is 14.4 Å². The Morgan fingerprint density at radius 3 is 2.59 bits per heavy atom. The van der Waals surface area contributed by atoms with Gasteiger partial charge in [-0.1, -0.05) is 19.4 Å². The molecule has 170 valence electrons. The van der Waals surface area contributed by atoms with E-state index in [0.29, 0.717) is 29.0 Å². The number of benzene rings is 1. The number of carbonyl (C=O) groups is 1. The molecule has 1 aromatic carbocycles. The highest BCUT2D eigenvalue weighted by Gasteiger charge is 2.26. The fraction of sp³-hybridized carbons (Fsp3) is 0.480. The lowest BCUT2D eigenvalue weighted by Crippen LogP contribution is -2.42. The van der Waals surface area contributed by atoms with Crippen molar-refractivity contribution < 1.29 is 4.79 Å². The summed E-state index contributed by atoms with van der Waals surface area (Å²) in [6, 6.07) is 5.62. The largest absolute Gasteiger partial charge is 0.341 e. The average Bonchev–Trinajstić information content (AvgIpc) is 3.35. The van der Waals surface area contributed by atoms with E-state index in [-0.39, 0.29) is 18.0 Å².